The van der Waals surface area contributed by atoms with Crippen LogP contribution in [0.5, 0.6) is 0 Å². The average Bonchev–Trinajstić information content (AvgIpc) is 2.47. The van der Waals surface area contributed by atoms with Crippen molar-refractivity contribution in [3.63, 3.8) is 0 Å². The number of hydrogen-bond acceptors (Lipinski definition) is 4. The SMILES string of the molecule is C=C1C(=O)OC2CCCC(OCOC)CC12. The van der Waals surface area contributed by atoms with E-state index in [0.717, 1.165) is 25.7 Å². The molecule has 16 heavy (non-hydrogen) atoms. The minimum Gasteiger partial charge on any atom is -0.458 e. The molecule has 1 heterocycles. The third-order valence-electron chi connectivity index (χ3n) is 3.37. The molecule has 2 rings (SSSR count). The summed E-state index contributed by atoms with van der Waals surface area (Å²) in [5.41, 5.74) is 0.609. The van der Waals surface area contributed by atoms with Crippen LogP contribution in [0.2, 0.25) is 0 Å². The summed E-state index contributed by atoms with van der Waals surface area (Å²) in [7, 11) is 1.61. The first-order valence-electron chi connectivity index (χ1n) is 5.72. The number of fused-ring (bicyclic) bond motifs is 1. The maximum atomic E-state index is 11.4. The van der Waals surface area contributed by atoms with E-state index in [1.807, 2.05) is 0 Å². The van der Waals surface area contributed by atoms with Gasteiger partial charge in [-0.1, -0.05) is 6.58 Å². The van der Waals surface area contributed by atoms with Crippen LogP contribution in [0.3, 0.4) is 0 Å². The fourth-order valence-electron chi connectivity index (χ4n) is 2.49. The van der Waals surface area contributed by atoms with Crippen molar-refractivity contribution < 1.29 is 19.0 Å². The molecule has 1 saturated heterocycles. The van der Waals surface area contributed by atoms with Crippen LogP contribution < -0.4 is 0 Å². The van der Waals surface area contributed by atoms with E-state index in [1.54, 1.807) is 7.11 Å². The van der Waals surface area contributed by atoms with E-state index in [2.05, 4.69) is 6.58 Å². The number of ether oxygens (including phenoxy) is 3. The molecule has 1 aliphatic carbocycles. The molecule has 4 heteroatoms. The predicted molar refractivity (Wildman–Crippen MR) is 57.7 cm³/mol. The van der Waals surface area contributed by atoms with Gasteiger partial charge in [-0.2, -0.15) is 0 Å². The van der Waals surface area contributed by atoms with Gasteiger partial charge in [-0.3, -0.25) is 0 Å². The number of rotatable bonds is 3. The predicted octanol–water partition coefficient (Wildman–Crippen LogP) is 1.65. The molecule has 2 aliphatic rings. The lowest BCUT2D eigenvalue weighted by molar-refractivity contribution is -0.139. The van der Waals surface area contributed by atoms with Gasteiger partial charge in [0.05, 0.1) is 6.10 Å². The Labute approximate surface area is 95.6 Å². The summed E-state index contributed by atoms with van der Waals surface area (Å²) in [6, 6.07) is 0. The Morgan fingerprint density at radius 3 is 3.06 bits per heavy atom. The van der Waals surface area contributed by atoms with Crippen LogP contribution in [0.4, 0.5) is 0 Å². The number of carbonyl (C=O) groups excluding carboxylic acids is 1. The minimum absolute atomic E-state index is 0.0242. The van der Waals surface area contributed by atoms with Gasteiger partial charge in [-0.15, -0.1) is 0 Å². The monoisotopic (exact) mass is 226 g/mol. The van der Waals surface area contributed by atoms with Gasteiger partial charge in [0, 0.05) is 18.6 Å². The first kappa shape index (κ1) is 11.6. The maximum absolute atomic E-state index is 11.4. The second-order valence-electron chi connectivity index (χ2n) is 4.44. The van der Waals surface area contributed by atoms with Crippen molar-refractivity contribution in [2.45, 2.75) is 37.9 Å². The number of esters is 1. The molecule has 0 spiro atoms. The zero-order valence-electron chi connectivity index (χ0n) is 9.61. The van der Waals surface area contributed by atoms with Crippen molar-refractivity contribution in [2.75, 3.05) is 13.9 Å². The fourth-order valence-corrected chi connectivity index (χ4v) is 2.49. The number of hydrogen-bond donors (Lipinski definition) is 0. The molecular weight excluding hydrogens is 208 g/mol. The first-order valence-corrected chi connectivity index (χ1v) is 5.72. The van der Waals surface area contributed by atoms with Gasteiger partial charge in [-0.25, -0.2) is 4.79 Å². The van der Waals surface area contributed by atoms with E-state index in [9.17, 15) is 4.79 Å². The summed E-state index contributed by atoms with van der Waals surface area (Å²) in [5, 5.41) is 0. The topological polar surface area (TPSA) is 44.8 Å². The molecule has 0 aromatic heterocycles. The van der Waals surface area contributed by atoms with E-state index in [0.29, 0.717) is 12.4 Å². The van der Waals surface area contributed by atoms with Crippen LogP contribution in [0.25, 0.3) is 0 Å². The van der Waals surface area contributed by atoms with Gasteiger partial charge in [0.25, 0.3) is 0 Å². The Morgan fingerprint density at radius 2 is 2.31 bits per heavy atom. The highest BCUT2D eigenvalue weighted by Gasteiger charge is 2.41. The van der Waals surface area contributed by atoms with Crippen molar-refractivity contribution in [3.05, 3.63) is 12.2 Å². The molecule has 3 atom stereocenters. The average molecular weight is 226 g/mol. The molecule has 1 saturated carbocycles. The zero-order valence-corrected chi connectivity index (χ0v) is 9.61. The highest BCUT2D eigenvalue weighted by Crippen LogP contribution is 2.37. The van der Waals surface area contributed by atoms with Crippen LogP contribution >= 0.6 is 0 Å². The molecule has 0 aromatic rings. The van der Waals surface area contributed by atoms with E-state index < -0.39 is 0 Å². The molecule has 2 fully saturated rings. The van der Waals surface area contributed by atoms with Gasteiger partial charge in [0.2, 0.25) is 0 Å². The summed E-state index contributed by atoms with van der Waals surface area (Å²) >= 11 is 0. The molecule has 0 N–H and O–H groups in total. The van der Waals surface area contributed by atoms with Crippen LogP contribution in [-0.2, 0) is 19.0 Å². The van der Waals surface area contributed by atoms with Crippen LogP contribution in [0.1, 0.15) is 25.7 Å². The Hall–Kier alpha value is -0.870. The second kappa shape index (κ2) is 4.97. The Bertz CT molecular complexity index is 285. The fraction of sp³-hybridized carbons (Fsp3) is 0.750. The largest absolute Gasteiger partial charge is 0.458 e. The zero-order chi connectivity index (χ0) is 11.5. The van der Waals surface area contributed by atoms with Crippen molar-refractivity contribution in [1.82, 2.24) is 0 Å². The van der Waals surface area contributed by atoms with Crippen molar-refractivity contribution in [2.24, 2.45) is 5.92 Å². The molecule has 90 valence electrons. The normalized spacial score (nSPS) is 34.4. The summed E-state index contributed by atoms with van der Waals surface area (Å²) in [4.78, 5) is 11.4. The smallest absolute Gasteiger partial charge is 0.334 e. The molecule has 0 bridgehead atoms. The van der Waals surface area contributed by atoms with Crippen molar-refractivity contribution in [1.29, 1.82) is 0 Å². The van der Waals surface area contributed by atoms with Crippen molar-refractivity contribution in [3.8, 4) is 0 Å². The quantitative estimate of drug-likeness (QED) is 0.417. The third kappa shape index (κ3) is 2.28. The lowest BCUT2D eigenvalue weighted by Crippen LogP contribution is -2.20. The van der Waals surface area contributed by atoms with Gasteiger partial charge in [0.1, 0.15) is 12.9 Å². The van der Waals surface area contributed by atoms with Crippen LogP contribution in [-0.4, -0.2) is 32.1 Å². The Kier molecular flexibility index (Phi) is 3.61. The molecular formula is C12H18O4. The van der Waals surface area contributed by atoms with E-state index in [-0.39, 0.29) is 24.1 Å². The number of methoxy groups -OCH3 is 1. The third-order valence-corrected chi connectivity index (χ3v) is 3.37. The molecule has 0 aromatic carbocycles. The van der Waals surface area contributed by atoms with Crippen LogP contribution in [0.15, 0.2) is 12.2 Å². The first-order chi connectivity index (χ1) is 7.72. The summed E-state index contributed by atoms with van der Waals surface area (Å²) < 4.78 is 15.8. The van der Waals surface area contributed by atoms with E-state index in [1.165, 1.54) is 0 Å². The molecule has 1 aliphatic heterocycles. The molecule has 0 radical (unpaired) electrons. The minimum atomic E-state index is -0.234. The molecule has 0 amide bonds. The van der Waals surface area contributed by atoms with Gasteiger partial charge in [0.15, 0.2) is 0 Å². The number of carbonyl (C=O) groups is 1. The van der Waals surface area contributed by atoms with Crippen molar-refractivity contribution >= 4 is 5.97 Å². The Balaban J connectivity index is 1.98. The van der Waals surface area contributed by atoms with Crippen LogP contribution in [0, 0.1) is 5.92 Å². The Morgan fingerprint density at radius 1 is 1.50 bits per heavy atom. The lowest BCUT2D eigenvalue weighted by atomic mass is 9.92. The molecule has 3 unspecified atom stereocenters. The summed E-state index contributed by atoms with van der Waals surface area (Å²) in [5.74, 6) is -0.0979. The van der Waals surface area contributed by atoms with E-state index in [4.69, 9.17) is 14.2 Å². The van der Waals surface area contributed by atoms with E-state index >= 15 is 0 Å². The van der Waals surface area contributed by atoms with Gasteiger partial charge >= 0.3 is 5.97 Å². The highest BCUT2D eigenvalue weighted by molar-refractivity contribution is 5.90. The van der Waals surface area contributed by atoms with Gasteiger partial charge < -0.3 is 14.2 Å². The summed E-state index contributed by atoms with van der Waals surface area (Å²) in [6.45, 7) is 4.12. The maximum Gasteiger partial charge on any atom is 0.334 e. The summed E-state index contributed by atoms with van der Waals surface area (Å²) in [6.07, 6.45) is 3.94. The standard InChI is InChI=1S/C12H18O4/c1-8-10-6-9(15-7-14-2)4-3-5-11(10)16-12(8)13/h9-11H,1,3-7H2,2H3. The lowest BCUT2D eigenvalue weighted by Gasteiger charge is -2.18. The van der Waals surface area contributed by atoms with Gasteiger partial charge in [-0.05, 0) is 25.7 Å². The second-order valence-corrected chi connectivity index (χ2v) is 4.44. The molecule has 4 nitrogen and oxygen atoms in total. The highest BCUT2D eigenvalue weighted by atomic mass is 16.7.